The number of anilines is 2. The summed E-state index contributed by atoms with van der Waals surface area (Å²) in [5.41, 5.74) is 8.23. The van der Waals surface area contributed by atoms with Crippen LogP contribution >= 0.6 is 11.6 Å². The predicted octanol–water partition coefficient (Wildman–Crippen LogP) is 3.57. The topological polar surface area (TPSA) is 63.8 Å². The summed E-state index contributed by atoms with van der Waals surface area (Å²) in [5.74, 6) is 1.42. The largest absolute Gasteiger partial charge is 0.399 e. The van der Waals surface area contributed by atoms with E-state index < -0.39 is 0 Å². The zero-order valence-corrected chi connectivity index (χ0v) is 11.6. The molecule has 0 saturated heterocycles. The molecule has 3 rings (SSSR count). The van der Waals surface area contributed by atoms with Gasteiger partial charge < -0.3 is 11.1 Å². The second-order valence-electron chi connectivity index (χ2n) is 4.43. The van der Waals surface area contributed by atoms with E-state index in [-0.39, 0.29) is 0 Å². The third-order valence-electron chi connectivity index (χ3n) is 3.06. The number of hydrogen-bond acceptors (Lipinski definition) is 4. The van der Waals surface area contributed by atoms with Crippen molar-refractivity contribution in [1.82, 2.24) is 9.97 Å². The highest BCUT2D eigenvalue weighted by atomic mass is 35.5. The van der Waals surface area contributed by atoms with Gasteiger partial charge in [0.25, 0.3) is 0 Å². The number of aromatic nitrogens is 2. The summed E-state index contributed by atoms with van der Waals surface area (Å²) < 4.78 is 0. The van der Waals surface area contributed by atoms with Gasteiger partial charge in [0, 0.05) is 28.7 Å². The second kappa shape index (κ2) is 4.98. The molecule has 0 aliphatic rings. The molecule has 3 aromatic rings. The van der Waals surface area contributed by atoms with E-state index in [2.05, 4.69) is 15.3 Å². The van der Waals surface area contributed by atoms with Crippen molar-refractivity contribution in [1.29, 1.82) is 0 Å². The van der Waals surface area contributed by atoms with Crippen LogP contribution in [-0.4, -0.2) is 17.0 Å². The van der Waals surface area contributed by atoms with Gasteiger partial charge in [-0.2, -0.15) is 0 Å². The molecule has 3 N–H and O–H groups in total. The van der Waals surface area contributed by atoms with Crippen molar-refractivity contribution in [2.45, 2.75) is 0 Å². The molecule has 0 radical (unpaired) electrons. The molecular weight excluding hydrogens is 272 g/mol. The maximum Gasteiger partial charge on any atom is 0.162 e. The fourth-order valence-electron chi connectivity index (χ4n) is 2.07. The maximum atomic E-state index is 5.90. The standard InChI is InChI=1S/C15H13ClN4/c1-18-15-12-7-6-11(17)8-13(12)19-14(20-15)9-2-4-10(16)5-3-9/h2-8H,17H2,1H3,(H,18,19,20). The Labute approximate surface area is 121 Å². The molecule has 5 heteroatoms. The zero-order chi connectivity index (χ0) is 14.1. The van der Waals surface area contributed by atoms with Gasteiger partial charge in [-0.1, -0.05) is 11.6 Å². The van der Waals surface area contributed by atoms with Gasteiger partial charge >= 0.3 is 0 Å². The van der Waals surface area contributed by atoms with Crippen molar-refractivity contribution in [2.24, 2.45) is 0 Å². The van der Waals surface area contributed by atoms with Gasteiger partial charge in [0.05, 0.1) is 5.52 Å². The molecule has 0 saturated carbocycles. The van der Waals surface area contributed by atoms with Crippen LogP contribution in [0.15, 0.2) is 42.5 Å². The van der Waals surface area contributed by atoms with Crippen LogP contribution in [0.1, 0.15) is 0 Å². The lowest BCUT2D eigenvalue weighted by atomic mass is 10.1. The first-order valence-electron chi connectivity index (χ1n) is 6.18. The molecule has 0 amide bonds. The average molecular weight is 285 g/mol. The van der Waals surface area contributed by atoms with E-state index in [4.69, 9.17) is 17.3 Å². The Morgan fingerprint density at radius 3 is 2.50 bits per heavy atom. The first-order valence-corrected chi connectivity index (χ1v) is 6.56. The van der Waals surface area contributed by atoms with Crippen molar-refractivity contribution in [2.75, 3.05) is 18.1 Å². The third-order valence-corrected chi connectivity index (χ3v) is 3.31. The normalized spacial score (nSPS) is 10.7. The fourth-order valence-corrected chi connectivity index (χ4v) is 2.19. The molecule has 0 fully saturated rings. The molecule has 2 aromatic carbocycles. The van der Waals surface area contributed by atoms with E-state index in [0.29, 0.717) is 16.5 Å². The Balaban J connectivity index is 2.23. The Kier molecular flexibility index (Phi) is 3.16. The molecule has 0 unspecified atom stereocenters. The summed E-state index contributed by atoms with van der Waals surface area (Å²) in [5, 5.41) is 4.72. The van der Waals surface area contributed by atoms with Crippen molar-refractivity contribution >= 4 is 34.0 Å². The van der Waals surface area contributed by atoms with Crippen molar-refractivity contribution in [3.8, 4) is 11.4 Å². The van der Waals surface area contributed by atoms with Crippen LogP contribution in [0.5, 0.6) is 0 Å². The minimum Gasteiger partial charge on any atom is -0.399 e. The van der Waals surface area contributed by atoms with Crippen LogP contribution < -0.4 is 11.1 Å². The first kappa shape index (κ1) is 12.7. The number of nitrogens with one attached hydrogen (secondary N) is 1. The summed E-state index contributed by atoms with van der Waals surface area (Å²) in [4.78, 5) is 9.11. The minimum atomic E-state index is 0.643. The maximum absolute atomic E-state index is 5.90. The number of hydrogen-bond donors (Lipinski definition) is 2. The summed E-state index contributed by atoms with van der Waals surface area (Å²) in [6.07, 6.45) is 0. The molecule has 1 aromatic heterocycles. The molecule has 100 valence electrons. The smallest absolute Gasteiger partial charge is 0.162 e. The molecular formula is C15H13ClN4. The summed E-state index contributed by atoms with van der Waals surface area (Å²) in [6.45, 7) is 0. The van der Waals surface area contributed by atoms with Gasteiger partial charge in [0.1, 0.15) is 5.82 Å². The number of halogens is 1. The van der Waals surface area contributed by atoms with E-state index in [1.54, 1.807) is 0 Å². The molecule has 0 bridgehead atoms. The predicted molar refractivity (Wildman–Crippen MR) is 83.9 cm³/mol. The van der Waals surface area contributed by atoms with Crippen molar-refractivity contribution in [3.05, 3.63) is 47.5 Å². The number of nitrogen functional groups attached to an aromatic ring is 1. The molecule has 4 nitrogen and oxygen atoms in total. The minimum absolute atomic E-state index is 0.643. The highest BCUT2D eigenvalue weighted by Crippen LogP contribution is 2.26. The number of nitrogens with two attached hydrogens (primary N) is 1. The van der Waals surface area contributed by atoms with Crippen molar-refractivity contribution < 1.29 is 0 Å². The lowest BCUT2D eigenvalue weighted by Crippen LogP contribution is -1.99. The van der Waals surface area contributed by atoms with Crippen LogP contribution in [0.2, 0.25) is 5.02 Å². The second-order valence-corrected chi connectivity index (χ2v) is 4.87. The fraction of sp³-hybridized carbons (Fsp3) is 0.0667. The third kappa shape index (κ3) is 2.26. The van der Waals surface area contributed by atoms with Gasteiger partial charge in [-0.15, -0.1) is 0 Å². The molecule has 20 heavy (non-hydrogen) atoms. The van der Waals surface area contributed by atoms with Gasteiger partial charge in [-0.25, -0.2) is 9.97 Å². The Bertz CT molecular complexity index is 769. The van der Waals surface area contributed by atoms with Crippen LogP contribution in [0.3, 0.4) is 0 Å². The number of rotatable bonds is 2. The van der Waals surface area contributed by atoms with E-state index in [1.165, 1.54) is 0 Å². The number of fused-ring (bicyclic) bond motifs is 1. The van der Waals surface area contributed by atoms with Crippen LogP contribution in [0.4, 0.5) is 11.5 Å². The van der Waals surface area contributed by atoms with Gasteiger partial charge in [-0.05, 0) is 42.5 Å². The summed E-state index contributed by atoms with van der Waals surface area (Å²) in [7, 11) is 1.84. The lowest BCUT2D eigenvalue weighted by molar-refractivity contribution is 1.21. The van der Waals surface area contributed by atoms with E-state index >= 15 is 0 Å². The lowest BCUT2D eigenvalue weighted by Gasteiger charge is -2.09. The Morgan fingerprint density at radius 2 is 1.80 bits per heavy atom. The highest BCUT2D eigenvalue weighted by Gasteiger charge is 2.08. The van der Waals surface area contributed by atoms with E-state index in [0.717, 1.165) is 22.3 Å². The molecule has 0 aliphatic carbocycles. The molecule has 0 atom stereocenters. The molecule has 0 aliphatic heterocycles. The SMILES string of the molecule is CNc1nc(-c2ccc(Cl)cc2)nc2cc(N)ccc12. The summed E-state index contributed by atoms with van der Waals surface area (Å²) in [6, 6.07) is 13.0. The van der Waals surface area contributed by atoms with E-state index in [1.807, 2.05) is 49.5 Å². The number of benzene rings is 2. The van der Waals surface area contributed by atoms with Crippen molar-refractivity contribution in [3.63, 3.8) is 0 Å². The zero-order valence-electron chi connectivity index (χ0n) is 10.9. The van der Waals surface area contributed by atoms with Crippen LogP contribution in [0, 0.1) is 0 Å². The van der Waals surface area contributed by atoms with Gasteiger partial charge in [0.15, 0.2) is 5.82 Å². The Hall–Kier alpha value is -2.33. The first-order chi connectivity index (χ1) is 9.67. The average Bonchev–Trinajstić information content (AvgIpc) is 2.46. The number of nitrogens with zero attached hydrogens (tertiary/aromatic N) is 2. The molecule has 0 spiro atoms. The molecule has 1 heterocycles. The highest BCUT2D eigenvalue weighted by molar-refractivity contribution is 6.30. The summed E-state index contributed by atoms with van der Waals surface area (Å²) >= 11 is 5.90. The van der Waals surface area contributed by atoms with Gasteiger partial charge in [0.2, 0.25) is 0 Å². The van der Waals surface area contributed by atoms with E-state index in [9.17, 15) is 0 Å². The monoisotopic (exact) mass is 284 g/mol. The Morgan fingerprint density at radius 1 is 1.05 bits per heavy atom. The van der Waals surface area contributed by atoms with Crippen LogP contribution in [0.25, 0.3) is 22.3 Å². The quantitative estimate of drug-likeness (QED) is 0.706. The van der Waals surface area contributed by atoms with Gasteiger partial charge in [-0.3, -0.25) is 0 Å². The van der Waals surface area contributed by atoms with Crippen LogP contribution in [-0.2, 0) is 0 Å².